The van der Waals surface area contributed by atoms with Gasteiger partial charge in [0.05, 0.1) is 58.1 Å². The molecule has 14 heteroatoms. The predicted molar refractivity (Wildman–Crippen MR) is 338 cm³/mol. The Morgan fingerprint density at radius 1 is 0.419 bits per heavy atom. The summed E-state index contributed by atoms with van der Waals surface area (Å²) in [6.07, 6.45) is 20.8. The molecule has 2 saturated carbocycles. The maximum atomic E-state index is 13.3. The average molecular weight is 1190 g/mol. The number of hydrogen-bond donors (Lipinski definition) is 0. The third-order valence-corrected chi connectivity index (χ3v) is 17.1. The molecule has 0 atom stereocenters. The quantitative estimate of drug-likeness (QED) is 0.0121. The van der Waals surface area contributed by atoms with E-state index in [0.29, 0.717) is 69.6 Å². The Morgan fingerprint density at radius 3 is 1.27 bits per heavy atom. The number of unbranched alkanes of at least 4 members (excludes halogenated alkanes) is 9. The highest BCUT2D eigenvalue weighted by Gasteiger charge is 2.30. The van der Waals surface area contributed by atoms with Crippen molar-refractivity contribution < 1.29 is 61.8 Å². The fourth-order valence-electron chi connectivity index (χ4n) is 10.9. The molecular formula is C72H86O13S. The van der Waals surface area contributed by atoms with Gasteiger partial charge in [-0.2, -0.15) is 0 Å². The topological polar surface area (TPSA) is 151 Å². The number of ether oxygens (including phenoxy) is 9. The lowest BCUT2D eigenvalue weighted by Crippen LogP contribution is -2.27. The van der Waals surface area contributed by atoms with E-state index in [2.05, 4.69) is 86.8 Å². The zero-order valence-corrected chi connectivity index (χ0v) is 51.0. The summed E-state index contributed by atoms with van der Waals surface area (Å²) in [5, 5.41) is 4.46. The van der Waals surface area contributed by atoms with E-state index in [9.17, 15) is 19.2 Å². The maximum absolute atomic E-state index is 13.3. The Balaban J connectivity index is 0.806. The van der Waals surface area contributed by atoms with Crippen LogP contribution in [-0.4, -0.2) is 70.1 Å². The Morgan fingerprint density at radius 2 is 0.814 bits per heavy atom. The van der Waals surface area contributed by atoms with Crippen molar-refractivity contribution in [2.45, 2.75) is 145 Å². The van der Waals surface area contributed by atoms with E-state index in [1.807, 2.05) is 24.3 Å². The Hall–Kier alpha value is -7.45. The fraction of sp³-hybridized carbons (Fsp3) is 0.444. The average Bonchev–Trinajstić information content (AvgIpc) is 1.09. The van der Waals surface area contributed by atoms with Crippen molar-refractivity contribution in [1.82, 2.24) is 0 Å². The second kappa shape index (κ2) is 35.2. The van der Waals surface area contributed by atoms with Gasteiger partial charge in [-0.15, -0.1) is 0 Å². The molecular weight excluding hydrogens is 1100 g/mol. The van der Waals surface area contributed by atoms with Crippen molar-refractivity contribution in [2.75, 3.05) is 46.2 Å². The molecule has 2 aliphatic carbocycles. The molecule has 0 unspecified atom stereocenters. The highest BCUT2D eigenvalue weighted by atomic mass is 32.2. The lowest BCUT2D eigenvalue weighted by Gasteiger charge is -2.27. The third kappa shape index (κ3) is 21.2. The molecule has 0 aromatic heterocycles. The number of benzene rings is 6. The highest BCUT2D eigenvalue weighted by molar-refractivity contribution is 7.99. The van der Waals surface area contributed by atoms with Gasteiger partial charge in [-0.3, -0.25) is 9.59 Å². The van der Waals surface area contributed by atoms with Crippen LogP contribution in [0, 0.1) is 23.7 Å². The van der Waals surface area contributed by atoms with Crippen LogP contribution in [0.3, 0.4) is 0 Å². The highest BCUT2D eigenvalue weighted by Crippen LogP contribution is 2.42. The minimum atomic E-state index is -0.390. The molecule has 6 aromatic rings. The molecule has 2 aliphatic rings. The summed E-state index contributed by atoms with van der Waals surface area (Å²) in [5.74, 6) is 4.16. The summed E-state index contributed by atoms with van der Waals surface area (Å²) in [7, 11) is 0. The van der Waals surface area contributed by atoms with E-state index in [0.717, 1.165) is 169 Å². The van der Waals surface area contributed by atoms with Gasteiger partial charge in [0.2, 0.25) is 0 Å². The van der Waals surface area contributed by atoms with Crippen LogP contribution in [0.25, 0.3) is 21.5 Å². The number of hydrogen-bond acceptors (Lipinski definition) is 14. The first-order valence-electron chi connectivity index (χ1n) is 31.3. The first-order chi connectivity index (χ1) is 42.1. The molecule has 0 radical (unpaired) electrons. The monoisotopic (exact) mass is 1190 g/mol. The van der Waals surface area contributed by atoms with Crippen LogP contribution in [0.5, 0.6) is 40.2 Å². The number of carbonyl (C=O) groups excluding carboxylic acids is 4. The minimum Gasteiger partial charge on any atom is -0.494 e. The smallest absolute Gasteiger partial charge is 0.330 e. The van der Waals surface area contributed by atoms with Crippen molar-refractivity contribution in [3.8, 4) is 40.2 Å². The van der Waals surface area contributed by atoms with Crippen molar-refractivity contribution >= 4 is 57.2 Å². The predicted octanol–water partition coefficient (Wildman–Crippen LogP) is 17.0. The largest absolute Gasteiger partial charge is 0.494 e. The van der Waals surface area contributed by atoms with E-state index in [-0.39, 0.29) is 23.8 Å². The zero-order chi connectivity index (χ0) is 60.1. The van der Waals surface area contributed by atoms with Crippen molar-refractivity contribution in [1.29, 1.82) is 0 Å². The van der Waals surface area contributed by atoms with E-state index < -0.39 is 11.9 Å². The summed E-state index contributed by atoms with van der Waals surface area (Å²) in [6.45, 7) is 12.8. The normalized spacial score (nSPS) is 16.6. The van der Waals surface area contributed by atoms with Crippen LogP contribution >= 0.6 is 11.8 Å². The molecule has 86 heavy (non-hydrogen) atoms. The molecule has 0 amide bonds. The fourth-order valence-corrected chi connectivity index (χ4v) is 11.9. The van der Waals surface area contributed by atoms with E-state index in [1.165, 1.54) is 31.4 Å². The molecule has 0 bridgehead atoms. The van der Waals surface area contributed by atoms with Crippen LogP contribution < -0.4 is 33.2 Å². The minimum absolute atomic E-state index is 0.155. The lowest BCUT2D eigenvalue weighted by atomic mass is 9.82. The van der Waals surface area contributed by atoms with Crippen LogP contribution in [0.4, 0.5) is 0 Å². The molecule has 0 N–H and O–H groups in total. The number of carbonyl (C=O) groups is 4. The lowest BCUT2D eigenvalue weighted by molar-refractivity contribution is -0.141. The third-order valence-electron chi connectivity index (χ3n) is 16.0. The van der Waals surface area contributed by atoms with E-state index in [4.69, 9.17) is 42.6 Å². The first-order valence-corrected chi connectivity index (χ1v) is 32.1. The maximum Gasteiger partial charge on any atom is 0.330 e. The Bertz CT molecular complexity index is 3090. The van der Waals surface area contributed by atoms with Crippen molar-refractivity contribution in [3.63, 3.8) is 0 Å². The molecule has 0 saturated heterocycles. The summed E-state index contributed by atoms with van der Waals surface area (Å²) in [6, 6.07) is 37.9. The van der Waals surface area contributed by atoms with Gasteiger partial charge < -0.3 is 42.6 Å². The van der Waals surface area contributed by atoms with E-state index >= 15 is 0 Å². The zero-order valence-electron chi connectivity index (χ0n) is 50.2. The molecule has 458 valence electrons. The van der Waals surface area contributed by atoms with Gasteiger partial charge in [0.1, 0.15) is 40.2 Å². The van der Waals surface area contributed by atoms with Crippen LogP contribution in [-0.2, 0) is 28.7 Å². The number of fused-ring (bicyclic) bond motifs is 3. The van der Waals surface area contributed by atoms with Gasteiger partial charge in [0.15, 0.2) is 0 Å². The summed E-state index contributed by atoms with van der Waals surface area (Å²) >= 11 is 1.72. The standard InChI is InChI=1S/C72H86O13S/c1-4-7-8-13-42-79-59-34-38-64(39-35-59)86-68-48-56-47-62(82-50-52-18-22-54(23-19-52)71(75)84-60-30-26-57(27-31-60)77-43-14-9-11-16-45-80-69(73)5-2)36-40-65(56)66-41-37-63(49-67(66)68)83-51-53-20-24-55(25-21-53)72(76)85-61-32-28-58(29-33-61)78-44-15-10-12-17-46-81-70(74)6-3/h5-6,26-41,47-49,52-55H,2-4,7-25,42-46,50-51H2,1H3. The van der Waals surface area contributed by atoms with Crippen molar-refractivity contribution in [3.05, 3.63) is 141 Å². The first kappa shape index (κ1) is 64.5. The summed E-state index contributed by atoms with van der Waals surface area (Å²) in [5.41, 5.74) is 0. The Kier molecular flexibility index (Phi) is 26.5. The second-order valence-corrected chi connectivity index (χ2v) is 23.7. The SMILES string of the molecule is C=CC(=O)OCCCCCCOc1ccc(OC(=O)C2CCC(COc3ccc4c(c3)cc(Sc3ccc(OCCCCCC)cc3)c3cc(OCC5CCC(C(=O)Oc6ccc(OCCCCCCOC(=O)C=C)cc6)CC5)ccc34)CC2)cc1. The van der Waals surface area contributed by atoms with Gasteiger partial charge in [-0.05, 0) is 246 Å². The van der Waals surface area contributed by atoms with Gasteiger partial charge in [0, 0.05) is 21.9 Å². The van der Waals surface area contributed by atoms with Gasteiger partial charge in [-0.25, -0.2) is 9.59 Å². The summed E-state index contributed by atoms with van der Waals surface area (Å²) in [4.78, 5) is 51.1. The summed E-state index contributed by atoms with van der Waals surface area (Å²) < 4.78 is 52.6. The molecule has 0 spiro atoms. The Labute approximate surface area is 512 Å². The number of rotatable bonds is 36. The van der Waals surface area contributed by atoms with Crippen LogP contribution in [0.1, 0.15) is 135 Å². The molecule has 0 heterocycles. The van der Waals surface area contributed by atoms with E-state index in [1.54, 1.807) is 36.0 Å². The molecule has 2 fully saturated rings. The molecule has 0 aliphatic heterocycles. The van der Waals surface area contributed by atoms with Crippen molar-refractivity contribution in [2.24, 2.45) is 23.7 Å². The molecule has 13 nitrogen and oxygen atoms in total. The molecule has 8 rings (SSSR count). The van der Waals surface area contributed by atoms with Gasteiger partial charge in [-0.1, -0.05) is 63.2 Å². The van der Waals surface area contributed by atoms with Crippen LogP contribution in [0.15, 0.2) is 150 Å². The van der Waals surface area contributed by atoms with Gasteiger partial charge in [0.25, 0.3) is 0 Å². The molecule has 6 aromatic carbocycles. The van der Waals surface area contributed by atoms with Crippen LogP contribution in [0.2, 0.25) is 0 Å². The number of esters is 4. The van der Waals surface area contributed by atoms with Gasteiger partial charge >= 0.3 is 23.9 Å². The second-order valence-electron chi connectivity index (χ2n) is 22.6.